The van der Waals surface area contributed by atoms with E-state index in [4.69, 9.17) is 11.6 Å². The van der Waals surface area contributed by atoms with Crippen LogP contribution in [0.5, 0.6) is 0 Å². The Hall–Kier alpha value is -2.81. The molecule has 1 amide bonds. The number of aromatic nitrogens is 4. The minimum Gasteiger partial charge on any atom is -0.302 e. The van der Waals surface area contributed by atoms with Crippen LogP contribution in [0.25, 0.3) is 0 Å². The third kappa shape index (κ3) is 3.66. The number of nitrogens with one attached hydrogen (secondary N) is 1. The average Bonchev–Trinajstić information content (AvgIpc) is 3.17. The van der Waals surface area contributed by atoms with E-state index in [9.17, 15) is 18.0 Å². The normalized spacial score (nSPS) is 11.1. The van der Waals surface area contributed by atoms with Gasteiger partial charge in [0.05, 0.1) is 6.54 Å². The Balaban J connectivity index is 1.78. The van der Waals surface area contributed by atoms with E-state index < -0.39 is 18.3 Å². The van der Waals surface area contributed by atoms with E-state index in [1.807, 2.05) is 0 Å². The van der Waals surface area contributed by atoms with E-state index in [0.29, 0.717) is 5.56 Å². The maximum atomic E-state index is 13.7. The van der Waals surface area contributed by atoms with Gasteiger partial charge in [-0.3, -0.25) is 9.48 Å². The van der Waals surface area contributed by atoms with Gasteiger partial charge in [-0.05, 0) is 12.1 Å². The highest BCUT2D eigenvalue weighted by molar-refractivity contribution is 6.33. The molecule has 25 heavy (non-hydrogen) atoms. The number of benzene rings is 1. The second-order valence-corrected chi connectivity index (χ2v) is 5.41. The van der Waals surface area contributed by atoms with Gasteiger partial charge in [0.15, 0.2) is 5.82 Å². The van der Waals surface area contributed by atoms with Gasteiger partial charge in [0, 0.05) is 18.0 Å². The Morgan fingerprint density at radius 1 is 1.28 bits per heavy atom. The van der Waals surface area contributed by atoms with Crippen molar-refractivity contribution in [3.63, 3.8) is 0 Å². The number of carbonyl (C=O) groups excluding carboxylic acids is 1. The van der Waals surface area contributed by atoms with Gasteiger partial charge in [0.2, 0.25) is 0 Å². The van der Waals surface area contributed by atoms with Gasteiger partial charge in [-0.2, -0.15) is 23.7 Å². The second-order valence-electron chi connectivity index (χ2n) is 5.01. The molecule has 0 atom stereocenters. The lowest BCUT2D eigenvalue weighted by molar-refractivity contribution is 0.0520. The molecular formula is C15H11ClF3N5O. The lowest BCUT2D eigenvalue weighted by Gasteiger charge is -2.06. The van der Waals surface area contributed by atoms with E-state index in [1.165, 1.54) is 16.9 Å². The van der Waals surface area contributed by atoms with Crippen molar-refractivity contribution in [2.45, 2.75) is 13.1 Å². The number of anilines is 1. The van der Waals surface area contributed by atoms with Crippen molar-refractivity contribution in [3.8, 4) is 0 Å². The molecule has 3 rings (SSSR count). The van der Waals surface area contributed by atoms with Crippen molar-refractivity contribution in [1.82, 2.24) is 19.6 Å². The summed E-state index contributed by atoms with van der Waals surface area (Å²) in [6.45, 7) is -2.86. The first-order valence-electron chi connectivity index (χ1n) is 7.05. The molecule has 0 fully saturated rings. The van der Waals surface area contributed by atoms with Crippen molar-refractivity contribution in [3.05, 3.63) is 64.8 Å². The predicted octanol–water partition coefficient (Wildman–Crippen LogP) is 3.57. The zero-order valence-corrected chi connectivity index (χ0v) is 13.3. The van der Waals surface area contributed by atoms with Gasteiger partial charge in [0.25, 0.3) is 5.91 Å². The Labute approximate surface area is 144 Å². The molecule has 6 nitrogen and oxygen atoms in total. The molecule has 0 unspecified atom stereocenters. The van der Waals surface area contributed by atoms with Crippen LogP contribution >= 0.6 is 11.6 Å². The third-order valence-corrected chi connectivity index (χ3v) is 3.60. The van der Waals surface area contributed by atoms with Gasteiger partial charge in [0.1, 0.15) is 16.5 Å². The van der Waals surface area contributed by atoms with Crippen molar-refractivity contribution in [2.75, 3.05) is 5.32 Å². The van der Waals surface area contributed by atoms with E-state index in [-0.39, 0.29) is 27.8 Å². The van der Waals surface area contributed by atoms with Crippen molar-refractivity contribution in [1.29, 1.82) is 0 Å². The maximum Gasteiger partial charge on any atom is 0.333 e. The molecule has 0 aliphatic heterocycles. The largest absolute Gasteiger partial charge is 0.333 e. The number of amides is 1. The topological polar surface area (TPSA) is 64.7 Å². The third-order valence-electron chi connectivity index (χ3n) is 3.33. The van der Waals surface area contributed by atoms with Crippen LogP contribution in [0.1, 0.15) is 22.6 Å². The molecule has 0 aliphatic carbocycles. The fourth-order valence-electron chi connectivity index (χ4n) is 2.19. The zero-order valence-electron chi connectivity index (χ0n) is 12.5. The van der Waals surface area contributed by atoms with E-state index >= 15 is 0 Å². The van der Waals surface area contributed by atoms with E-state index in [1.54, 1.807) is 18.2 Å². The number of halogens is 4. The molecular weight excluding hydrogens is 359 g/mol. The standard InChI is InChI=1S/C15H11ClF3N5O/c16-10-8-23(7-9-3-1-2-4-11(9)17)22-13(10)21-14(25)12-5-6-20-24(12)15(18)19/h1-6,8,15H,7H2,(H,21,22,25). The number of carbonyl (C=O) groups is 1. The number of hydrogen-bond acceptors (Lipinski definition) is 3. The lowest BCUT2D eigenvalue weighted by Crippen LogP contribution is -2.19. The number of nitrogens with zero attached hydrogens (tertiary/aromatic N) is 4. The van der Waals surface area contributed by atoms with Gasteiger partial charge in [-0.25, -0.2) is 4.39 Å². The summed E-state index contributed by atoms with van der Waals surface area (Å²) in [5.74, 6) is -1.26. The number of rotatable bonds is 5. The summed E-state index contributed by atoms with van der Waals surface area (Å²) in [6, 6.07) is 7.29. The lowest BCUT2D eigenvalue weighted by atomic mass is 10.2. The first-order valence-corrected chi connectivity index (χ1v) is 7.43. The van der Waals surface area contributed by atoms with Crippen LogP contribution in [0, 0.1) is 5.82 Å². The highest BCUT2D eigenvalue weighted by atomic mass is 35.5. The van der Waals surface area contributed by atoms with Crippen LogP contribution in [0.2, 0.25) is 5.02 Å². The monoisotopic (exact) mass is 369 g/mol. The summed E-state index contributed by atoms with van der Waals surface area (Å²) in [7, 11) is 0. The number of alkyl halides is 2. The Kier molecular flexibility index (Phi) is 4.75. The van der Waals surface area contributed by atoms with Crippen molar-refractivity contribution >= 4 is 23.3 Å². The van der Waals surface area contributed by atoms with Crippen LogP contribution < -0.4 is 5.32 Å². The summed E-state index contributed by atoms with van der Waals surface area (Å²) in [4.78, 5) is 12.1. The molecule has 3 aromatic rings. The molecule has 1 aromatic carbocycles. The van der Waals surface area contributed by atoms with Crippen LogP contribution in [-0.4, -0.2) is 25.5 Å². The average molecular weight is 370 g/mol. The summed E-state index contributed by atoms with van der Waals surface area (Å²) in [6.07, 6.45) is 2.48. The fraction of sp³-hybridized carbons (Fsp3) is 0.133. The van der Waals surface area contributed by atoms with Crippen LogP contribution in [0.4, 0.5) is 19.0 Å². The molecule has 2 aromatic heterocycles. The zero-order chi connectivity index (χ0) is 18.0. The van der Waals surface area contributed by atoms with Crippen molar-refractivity contribution < 1.29 is 18.0 Å². The Morgan fingerprint density at radius 3 is 2.76 bits per heavy atom. The van der Waals surface area contributed by atoms with Crippen LogP contribution in [0.3, 0.4) is 0 Å². The molecule has 0 bridgehead atoms. The second kappa shape index (κ2) is 6.98. The molecule has 0 saturated heterocycles. The van der Waals surface area contributed by atoms with Gasteiger partial charge in [-0.15, -0.1) is 0 Å². The molecule has 0 spiro atoms. The molecule has 0 saturated carbocycles. The highest BCUT2D eigenvalue weighted by Crippen LogP contribution is 2.22. The maximum absolute atomic E-state index is 13.7. The quantitative estimate of drug-likeness (QED) is 0.747. The molecule has 130 valence electrons. The number of hydrogen-bond donors (Lipinski definition) is 1. The Bertz CT molecular complexity index is 908. The van der Waals surface area contributed by atoms with Crippen LogP contribution in [-0.2, 0) is 6.54 Å². The molecule has 1 N–H and O–H groups in total. The van der Waals surface area contributed by atoms with Crippen molar-refractivity contribution in [2.24, 2.45) is 0 Å². The predicted molar refractivity (Wildman–Crippen MR) is 84.2 cm³/mol. The minimum absolute atomic E-state index is 0.0231. The minimum atomic E-state index is -2.95. The van der Waals surface area contributed by atoms with Crippen LogP contribution in [0.15, 0.2) is 42.7 Å². The Morgan fingerprint density at radius 2 is 2.04 bits per heavy atom. The highest BCUT2D eigenvalue weighted by Gasteiger charge is 2.20. The fourth-order valence-corrected chi connectivity index (χ4v) is 2.38. The molecule has 2 heterocycles. The first-order chi connectivity index (χ1) is 12.0. The first kappa shape index (κ1) is 17.0. The molecule has 0 aliphatic rings. The molecule has 10 heteroatoms. The summed E-state index contributed by atoms with van der Waals surface area (Å²) >= 11 is 6.00. The summed E-state index contributed by atoms with van der Waals surface area (Å²) in [5, 5.41) is 9.85. The summed E-state index contributed by atoms with van der Waals surface area (Å²) < 4.78 is 40.8. The SMILES string of the molecule is O=C(Nc1nn(Cc2ccccc2F)cc1Cl)c1ccnn1C(F)F. The molecule has 0 radical (unpaired) electrons. The smallest absolute Gasteiger partial charge is 0.302 e. The summed E-state index contributed by atoms with van der Waals surface area (Å²) in [5.41, 5.74) is 0.0463. The van der Waals surface area contributed by atoms with Gasteiger partial charge >= 0.3 is 6.55 Å². The van der Waals surface area contributed by atoms with Gasteiger partial charge in [-0.1, -0.05) is 29.8 Å². The van der Waals surface area contributed by atoms with Gasteiger partial charge < -0.3 is 5.32 Å². The van der Waals surface area contributed by atoms with E-state index in [0.717, 1.165) is 12.3 Å². The van der Waals surface area contributed by atoms with E-state index in [2.05, 4.69) is 15.5 Å².